The Morgan fingerprint density at radius 2 is 1.96 bits per heavy atom. The van der Waals surface area contributed by atoms with Crippen LogP contribution in [-0.2, 0) is 13.0 Å². The van der Waals surface area contributed by atoms with E-state index in [1.54, 1.807) is 12.3 Å². The Hall–Kier alpha value is -3.06. The van der Waals surface area contributed by atoms with Crippen LogP contribution < -0.4 is 4.74 Å². The highest BCUT2D eigenvalue weighted by molar-refractivity contribution is 5.49. The summed E-state index contributed by atoms with van der Waals surface area (Å²) >= 11 is 0. The third kappa shape index (κ3) is 3.58. The van der Waals surface area contributed by atoms with Crippen LogP contribution in [0.25, 0.3) is 0 Å². The van der Waals surface area contributed by atoms with Gasteiger partial charge in [0.25, 0.3) is 0 Å². The topological polar surface area (TPSA) is 50.8 Å². The van der Waals surface area contributed by atoms with Gasteiger partial charge in [0.1, 0.15) is 11.8 Å². The van der Waals surface area contributed by atoms with Gasteiger partial charge in [0, 0.05) is 6.54 Å². The number of rotatable bonds is 5. The van der Waals surface area contributed by atoms with Crippen LogP contribution >= 0.6 is 0 Å². The van der Waals surface area contributed by atoms with Gasteiger partial charge in [-0.2, -0.15) is 10.4 Å². The first kappa shape index (κ1) is 14.9. The lowest BCUT2D eigenvalue weighted by Gasteiger charge is -2.06. The van der Waals surface area contributed by atoms with E-state index in [9.17, 15) is 5.26 Å². The number of hydrogen-bond acceptors (Lipinski definition) is 3. The Morgan fingerprint density at radius 1 is 1.13 bits per heavy atom. The number of nitriles is 1. The van der Waals surface area contributed by atoms with Gasteiger partial charge in [0.05, 0.1) is 18.0 Å². The largest absolute Gasteiger partial charge is 0.453 e. The van der Waals surface area contributed by atoms with Crippen molar-refractivity contribution in [2.24, 2.45) is 0 Å². The van der Waals surface area contributed by atoms with Crippen molar-refractivity contribution in [3.8, 4) is 17.6 Å². The predicted molar refractivity (Wildman–Crippen MR) is 88.3 cm³/mol. The summed E-state index contributed by atoms with van der Waals surface area (Å²) in [5, 5.41) is 13.6. The number of aromatic nitrogens is 2. The molecule has 3 rings (SSSR count). The van der Waals surface area contributed by atoms with Crippen LogP contribution in [0.4, 0.5) is 0 Å². The average Bonchev–Trinajstić information content (AvgIpc) is 3.02. The maximum Gasteiger partial charge on any atom is 0.165 e. The Balaban J connectivity index is 1.68. The zero-order valence-electron chi connectivity index (χ0n) is 12.9. The van der Waals surface area contributed by atoms with Gasteiger partial charge in [-0.15, -0.1) is 0 Å². The molecule has 4 nitrogen and oxygen atoms in total. The summed E-state index contributed by atoms with van der Waals surface area (Å²) in [6.45, 7) is 2.68. The quantitative estimate of drug-likeness (QED) is 0.713. The van der Waals surface area contributed by atoms with Gasteiger partial charge in [-0.25, -0.2) is 0 Å². The Bertz CT molecular complexity index is 831. The van der Waals surface area contributed by atoms with E-state index >= 15 is 0 Å². The number of hydrogen-bond donors (Lipinski definition) is 0. The van der Waals surface area contributed by atoms with Crippen LogP contribution in [0.15, 0.2) is 60.9 Å². The lowest BCUT2D eigenvalue weighted by Crippen LogP contribution is -2.01. The van der Waals surface area contributed by atoms with Gasteiger partial charge in [-0.05, 0) is 30.5 Å². The molecule has 0 aliphatic heterocycles. The molecule has 0 amide bonds. The lowest BCUT2D eigenvalue weighted by atomic mass is 10.1. The SMILES string of the molecule is Cc1cccc(Oc2cnn(CCc3ccccc3)c2)c1C#N. The van der Waals surface area contributed by atoms with Crippen molar-refractivity contribution in [3.63, 3.8) is 0 Å². The summed E-state index contributed by atoms with van der Waals surface area (Å²) in [5.74, 6) is 1.20. The molecule has 0 saturated heterocycles. The zero-order valence-corrected chi connectivity index (χ0v) is 12.9. The third-order valence-corrected chi connectivity index (χ3v) is 3.66. The van der Waals surface area contributed by atoms with Crippen LogP contribution in [0.3, 0.4) is 0 Å². The number of aryl methyl sites for hydroxylation is 3. The maximum atomic E-state index is 9.24. The van der Waals surface area contributed by atoms with Crippen LogP contribution in [0.5, 0.6) is 11.5 Å². The molecule has 114 valence electrons. The smallest absolute Gasteiger partial charge is 0.165 e. The second kappa shape index (κ2) is 6.80. The first-order chi connectivity index (χ1) is 11.3. The van der Waals surface area contributed by atoms with Crippen molar-refractivity contribution in [2.45, 2.75) is 19.9 Å². The van der Waals surface area contributed by atoms with E-state index in [1.165, 1.54) is 5.56 Å². The molecule has 0 spiro atoms. The molecule has 3 aromatic rings. The van der Waals surface area contributed by atoms with E-state index in [2.05, 4.69) is 23.3 Å². The van der Waals surface area contributed by atoms with Gasteiger partial charge < -0.3 is 4.74 Å². The second-order valence-corrected chi connectivity index (χ2v) is 5.34. The van der Waals surface area contributed by atoms with Crippen LogP contribution in [0.1, 0.15) is 16.7 Å². The first-order valence-corrected chi connectivity index (χ1v) is 7.50. The molecule has 23 heavy (non-hydrogen) atoms. The summed E-state index contributed by atoms with van der Waals surface area (Å²) < 4.78 is 7.66. The molecule has 0 fully saturated rings. The van der Waals surface area contributed by atoms with E-state index in [1.807, 2.05) is 48.1 Å². The lowest BCUT2D eigenvalue weighted by molar-refractivity contribution is 0.479. The Morgan fingerprint density at radius 3 is 2.74 bits per heavy atom. The van der Waals surface area contributed by atoms with E-state index in [0.29, 0.717) is 17.1 Å². The summed E-state index contributed by atoms with van der Waals surface area (Å²) in [5.41, 5.74) is 2.74. The van der Waals surface area contributed by atoms with E-state index < -0.39 is 0 Å². The highest BCUT2D eigenvalue weighted by atomic mass is 16.5. The molecule has 0 bridgehead atoms. The minimum atomic E-state index is 0.560. The van der Waals surface area contributed by atoms with Gasteiger partial charge in [0.15, 0.2) is 5.75 Å². The summed E-state index contributed by atoms with van der Waals surface area (Å²) in [4.78, 5) is 0. The van der Waals surface area contributed by atoms with Gasteiger partial charge >= 0.3 is 0 Å². The van der Waals surface area contributed by atoms with Crippen molar-refractivity contribution in [2.75, 3.05) is 0 Å². The molecular weight excluding hydrogens is 286 g/mol. The summed E-state index contributed by atoms with van der Waals surface area (Å²) in [6.07, 6.45) is 4.44. The van der Waals surface area contributed by atoms with Crippen molar-refractivity contribution in [1.29, 1.82) is 5.26 Å². The minimum absolute atomic E-state index is 0.560. The zero-order chi connectivity index (χ0) is 16.1. The summed E-state index contributed by atoms with van der Waals surface area (Å²) in [6, 6.07) is 18.1. The molecule has 0 aliphatic carbocycles. The normalized spacial score (nSPS) is 10.3. The van der Waals surface area contributed by atoms with Crippen LogP contribution in [0.2, 0.25) is 0 Å². The fraction of sp³-hybridized carbons (Fsp3) is 0.158. The molecule has 1 heterocycles. The van der Waals surface area contributed by atoms with Crippen molar-refractivity contribution >= 4 is 0 Å². The van der Waals surface area contributed by atoms with E-state index in [-0.39, 0.29) is 0 Å². The summed E-state index contributed by atoms with van der Waals surface area (Å²) in [7, 11) is 0. The Kier molecular flexibility index (Phi) is 4.39. The van der Waals surface area contributed by atoms with Gasteiger partial charge in [-0.3, -0.25) is 4.68 Å². The second-order valence-electron chi connectivity index (χ2n) is 5.34. The number of benzene rings is 2. The van der Waals surface area contributed by atoms with Crippen LogP contribution in [-0.4, -0.2) is 9.78 Å². The standard InChI is InChI=1S/C19H17N3O/c1-15-6-5-9-19(18(15)12-20)23-17-13-21-22(14-17)11-10-16-7-3-2-4-8-16/h2-9,13-14H,10-11H2,1H3. The van der Waals surface area contributed by atoms with Crippen molar-refractivity contribution in [1.82, 2.24) is 9.78 Å². The molecule has 0 saturated carbocycles. The highest BCUT2D eigenvalue weighted by Crippen LogP contribution is 2.26. The average molecular weight is 303 g/mol. The van der Waals surface area contributed by atoms with E-state index in [4.69, 9.17) is 4.74 Å². The van der Waals surface area contributed by atoms with E-state index in [0.717, 1.165) is 18.5 Å². The molecular formula is C19H17N3O. The van der Waals surface area contributed by atoms with Crippen LogP contribution in [0, 0.1) is 18.3 Å². The molecule has 0 unspecified atom stereocenters. The van der Waals surface area contributed by atoms with Crippen molar-refractivity contribution in [3.05, 3.63) is 77.6 Å². The highest BCUT2D eigenvalue weighted by Gasteiger charge is 2.08. The number of nitrogens with zero attached hydrogens (tertiary/aromatic N) is 3. The molecule has 0 N–H and O–H groups in total. The molecule has 0 aliphatic rings. The number of ether oxygens (including phenoxy) is 1. The fourth-order valence-electron chi connectivity index (χ4n) is 2.40. The monoisotopic (exact) mass is 303 g/mol. The third-order valence-electron chi connectivity index (χ3n) is 3.66. The van der Waals surface area contributed by atoms with Gasteiger partial charge in [0.2, 0.25) is 0 Å². The van der Waals surface area contributed by atoms with Crippen molar-refractivity contribution < 1.29 is 4.74 Å². The maximum absolute atomic E-state index is 9.24. The molecule has 0 atom stereocenters. The fourth-order valence-corrected chi connectivity index (χ4v) is 2.40. The molecule has 0 radical (unpaired) electrons. The molecule has 4 heteroatoms. The van der Waals surface area contributed by atoms with Gasteiger partial charge in [-0.1, -0.05) is 42.5 Å². The minimum Gasteiger partial charge on any atom is -0.453 e. The Labute approximate surface area is 135 Å². The molecule has 2 aromatic carbocycles. The predicted octanol–water partition coefficient (Wildman–Crippen LogP) is 4.10. The molecule has 1 aromatic heterocycles. The first-order valence-electron chi connectivity index (χ1n) is 7.50.